The molecule has 0 aromatic carbocycles. The topological polar surface area (TPSA) is 13.0 Å². The van der Waals surface area contributed by atoms with Crippen LogP contribution in [-0.2, 0) is 0 Å². The molecule has 3 heterocycles. The highest BCUT2D eigenvalue weighted by molar-refractivity contribution is 4.73. The van der Waals surface area contributed by atoms with Gasteiger partial charge in [0.2, 0.25) is 0 Å². The van der Waals surface area contributed by atoms with E-state index in [-0.39, 0.29) is 0 Å². The van der Waals surface area contributed by atoms with Crippen LogP contribution in [-0.4, -0.2) is 59.6 Å². The largest absolute Gasteiger partial charge is 0.225 e. The van der Waals surface area contributed by atoms with Crippen molar-refractivity contribution in [2.24, 2.45) is 0 Å². The lowest BCUT2D eigenvalue weighted by Crippen LogP contribution is -2.66. The van der Waals surface area contributed by atoms with E-state index in [0.29, 0.717) is 0 Å². The van der Waals surface area contributed by atoms with Gasteiger partial charge in [0.05, 0.1) is 13.3 Å². The van der Waals surface area contributed by atoms with Crippen molar-refractivity contribution in [3.05, 3.63) is 0 Å². The summed E-state index contributed by atoms with van der Waals surface area (Å²) < 4.78 is 0. The number of rotatable bonds is 0. The zero-order valence-electron chi connectivity index (χ0n) is 8.86. The number of hydrazine groups is 2. The second-order valence-corrected chi connectivity index (χ2v) is 4.62. The van der Waals surface area contributed by atoms with Gasteiger partial charge in [-0.15, -0.1) is 0 Å². The van der Waals surface area contributed by atoms with Gasteiger partial charge in [-0.05, 0) is 25.7 Å². The van der Waals surface area contributed by atoms with Gasteiger partial charge in [-0.2, -0.15) is 0 Å². The standard InChI is InChI=1S/C10H20N4/c1-2-6-12-10-14-8-4-3-7-13(14)9-11(12)5-1/h1-10H2. The van der Waals surface area contributed by atoms with Gasteiger partial charge in [0.1, 0.15) is 0 Å². The maximum Gasteiger partial charge on any atom is 0.0787 e. The van der Waals surface area contributed by atoms with E-state index in [4.69, 9.17) is 0 Å². The van der Waals surface area contributed by atoms with Crippen LogP contribution in [0.1, 0.15) is 25.7 Å². The number of hydrogen-bond acceptors (Lipinski definition) is 4. The van der Waals surface area contributed by atoms with E-state index >= 15 is 0 Å². The van der Waals surface area contributed by atoms with E-state index < -0.39 is 0 Å². The van der Waals surface area contributed by atoms with Gasteiger partial charge in [-0.25, -0.2) is 20.0 Å². The summed E-state index contributed by atoms with van der Waals surface area (Å²) in [7, 11) is 0. The molecule has 0 atom stereocenters. The van der Waals surface area contributed by atoms with Crippen LogP contribution in [0.15, 0.2) is 0 Å². The van der Waals surface area contributed by atoms with Gasteiger partial charge in [0.25, 0.3) is 0 Å². The summed E-state index contributed by atoms with van der Waals surface area (Å²) in [4.78, 5) is 0. The highest BCUT2D eigenvalue weighted by Crippen LogP contribution is 2.21. The quantitative estimate of drug-likeness (QED) is 0.560. The second kappa shape index (κ2) is 3.77. The third-order valence-electron chi connectivity index (χ3n) is 3.62. The molecule has 3 fully saturated rings. The van der Waals surface area contributed by atoms with E-state index in [1.807, 2.05) is 0 Å². The first kappa shape index (κ1) is 9.09. The van der Waals surface area contributed by atoms with Crippen molar-refractivity contribution in [1.82, 2.24) is 20.0 Å². The molecule has 3 aliphatic rings. The molecule has 0 saturated carbocycles. The second-order valence-electron chi connectivity index (χ2n) is 4.62. The molecule has 0 N–H and O–H groups in total. The van der Waals surface area contributed by atoms with E-state index in [1.54, 1.807) is 0 Å². The number of nitrogens with zero attached hydrogens (tertiary/aromatic N) is 4. The normalized spacial score (nSPS) is 32.6. The van der Waals surface area contributed by atoms with Gasteiger partial charge >= 0.3 is 0 Å². The third kappa shape index (κ3) is 1.56. The van der Waals surface area contributed by atoms with Gasteiger partial charge in [0, 0.05) is 26.2 Å². The Morgan fingerprint density at radius 1 is 0.429 bits per heavy atom. The average Bonchev–Trinajstić information content (AvgIpc) is 2.26. The van der Waals surface area contributed by atoms with Crippen LogP contribution in [0.25, 0.3) is 0 Å². The molecule has 3 aliphatic heterocycles. The monoisotopic (exact) mass is 196 g/mol. The maximum absolute atomic E-state index is 2.53. The zero-order chi connectivity index (χ0) is 9.38. The lowest BCUT2D eigenvalue weighted by Gasteiger charge is -2.53. The first-order valence-corrected chi connectivity index (χ1v) is 5.93. The third-order valence-corrected chi connectivity index (χ3v) is 3.62. The number of hydrogen-bond donors (Lipinski definition) is 0. The maximum atomic E-state index is 2.53. The van der Waals surface area contributed by atoms with Crippen molar-refractivity contribution in [3.8, 4) is 0 Å². The fourth-order valence-corrected chi connectivity index (χ4v) is 2.76. The summed E-state index contributed by atoms with van der Waals surface area (Å²) in [6.45, 7) is 7.35. The molecule has 0 aromatic rings. The molecule has 0 aliphatic carbocycles. The summed E-state index contributed by atoms with van der Waals surface area (Å²) in [6.07, 6.45) is 5.52. The highest BCUT2D eigenvalue weighted by Gasteiger charge is 2.32. The molecule has 0 amide bonds. The van der Waals surface area contributed by atoms with Crippen molar-refractivity contribution < 1.29 is 0 Å². The van der Waals surface area contributed by atoms with Crippen molar-refractivity contribution >= 4 is 0 Å². The first-order valence-electron chi connectivity index (χ1n) is 5.93. The molecule has 0 bridgehead atoms. The lowest BCUT2D eigenvalue weighted by molar-refractivity contribution is -0.240. The Hall–Kier alpha value is -0.160. The highest BCUT2D eigenvalue weighted by atomic mass is 15.8. The summed E-state index contributed by atoms with van der Waals surface area (Å²) in [5, 5.41) is 10.1. The van der Waals surface area contributed by atoms with Gasteiger partial charge in [-0.3, -0.25) is 0 Å². The fraction of sp³-hybridized carbons (Fsp3) is 1.00. The summed E-state index contributed by atoms with van der Waals surface area (Å²) in [6, 6.07) is 0. The van der Waals surface area contributed by atoms with Crippen LogP contribution in [0, 0.1) is 0 Å². The Labute approximate surface area is 86.0 Å². The Morgan fingerprint density at radius 2 is 0.714 bits per heavy atom. The molecule has 0 radical (unpaired) electrons. The Bertz CT molecular complexity index is 166. The molecular weight excluding hydrogens is 176 g/mol. The zero-order valence-corrected chi connectivity index (χ0v) is 8.86. The van der Waals surface area contributed by atoms with E-state index in [9.17, 15) is 0 Å². The van der Waals surface area contributed by atoms with E-state index in [1.165, 1.54) is 51.9 Å². The van der Waals surface area contributed by atoms with Crippen LogP contribution in [0.4, 0.5) is 0 Å². The molecular formula is C10H20N4. The van der Waals surface area contributed by atoms with Gasteiger partial charge < -0.3 is 0 Å². The van der Waals surface area contributed by atoms with Gasteiger partial charge in [0.15, 0.2) is 0 Å². The van der Waals surface area contributed by atoms with Crippen molar-refractivity contribution in [3.63, 3.8) is 0 Å². The Balaban J connectivity index is 1.68. The van der Waals surface area contributed by atoms with Crippen LogP contribution in [0.2, 0.25) is 0 Å². The Kier molecular flexibility index (Phi) is 2.45. The van der Waals surface area contributed by atoms with Crippen LogP contribution in [0.5, 0.6) is 0 Å². The minimum atomic E-state index is 1.14. The Morgan fingerprint density at radius 3 is 1.00 bits per heavy atom. The average molecular weight is 196 g/mol. The molecule has 4 heteroatoms. The predicted molar refractivity (Wildman–Crippen MR) is 55.0 cm³/mol. The minimum Gasteiger partial charge on any atom is -0.225 e. The number of fused-ring (bicyclic) bond motifs is 2. The summed E-state index contributed by atoms with van der Waals surface area (Å²) in [5.41, 5.74) is 0. The molecule has 4 nitrogen and oxygen atoms in total. The summed E-state index contributed by atoms with van der Waals surface area (Å²) >= 11 is 0. The van der Waals surface area contributed by atoms with Crippen LogP contribution >= 0.6 is 0 Å². The van der Waals surface area contributed by atoms with Gasteiger partial charge in [-0.1, -0.05) is 0 Å². The smallest absolute Gasteiger partial charge is 0.0787 e. The molecule has 3 saturated heterocycles. The van der Waals surface area contributed by atoms with E-state index in [2.05, 4.69) is 20.0 Å². The molecule has 80 valence electrons. The fourth-order valence-electron chi connectivity index (χ4n) is 2.76. The molecule has 3 rings (SSSR count). The molecule has 0 spiro atoms. The predicted octanol–water partition coefficient (Wildman–Crippen LogP) is 0.541. The molecule has 0 aromatic heterocycles. The minimum absolute atomic E-state index is 1.14. The SMILES string of the molecule is C1CCN2CN3CCCCN3CN2C1. The van der Waals surface area contributed by atoms with E-state index in [0.717, 1.165) is 13.3 Å². The summed E-state index contributed by atoms with van der Waals surface area (Å²) in [5.74, 6) is 0. The first-order chi connectivity index (χ1) is 6.93. The lowest BCUT2D eigenvalue weighted by atomic mass is 10.2. The van der Waals surface area contributed by atoms with Crippen molar-refractivity contribution in [1.29, 1.82) is 0 Å². The van der Waals surface area contributed by atoms with Crippen molar-refractivity contribution in [2.75, 3.05) is 39.5 Å². The molecule has 0 unspecified atom stereocenters. The van der Waals surface area contributed by atoms with Crippen LogP contribution < -0.4 is 0 Å². The molecule has 14 heavy (non-hydrogen) atoms. The van der Waals surface area contributed by atoms with Crippen molar-refractivity contribution in [2.45, 2.75) is 25.7 Å². The van der Waals surface area contributed by atoms with Crippen LogP contribution in [0.3, 0.4) is 0 Å².